The highest BCUT2D eigenvalue weighted by molar-refractivity contribution is 5.90. The number of anilines is 1. The Morgan fingerprint density at radius 1 is 1.14 bits per heavy atom. The Kier molecular flexibility index (Phi) is 7.08. The molecule has 0 saturated heterocycles. The molecule has 0 aliphatic carbocycles. The molecule has 1 rings (SSSR count). The highest BCUT2D eigenvalue weighted by atomic mass is 19.1. The molecule has 120 valence electrons. The maximum atomic E-state index is 13.2. The molecule has 0 amide bonds. The minimum absolute atomic E-state index is 0.00802. The predicted molar refractivity (Wildman–Crippen MR) is 81.5 cm³/mol. The van der Waals surface area contributed by atoms with E-state index in [-0.39, 0.29) is 25.3 Å². The number of carbonyl (C=O) groups excluding carboxylic acids is 2. The normalized spacial score (nSPS) is 9.95. The van der Waals surface area contributed by atoms with E-state index >= 15 is 0 Å². The fraction of sp³-hybridized carbons (Fsp3) is 0.375. The van der Waals surface area contributed by atoms with Gasteiger partial charge in [-0.15, -0.1) is 0 Å². The van der Waals surface area contributed by atoms with Crippen molar-refractivity contribution in [1.29, 1.82) is 0 Å². The number of halogens is 1. The first-order valence-electron chi connectivity index (χ1n) is 6.96. The number of ether oxygens (including phenoxy) is 2. The van der Waals surface area contributed by atoms with Crippen LogP contribution in [0.1, 0.15) is 24.2 Å². The Balaban J connectivity index is 2.77. The van der Waals surface area contributed by atoms with Gasteiger partial charge in [0.2, 0.25) is 0 Å². The molecular weight excluding hydrogens is 289 g/mol. The summed E-state index contributed by atoms with van der Waals surface area (Å²) in [7, 11) is 0. The van der Waals surface area contributed by atoms with Crippen molar-refractivity contribution in [2.24, 2.45) is 0 Å². The Bertz CT molecular complexity index is 527. The van der Waals surface area contributed by atoms with Crippen molar-refractivity contribution < 1.29 is 23.5 Å². The average Bonchev–Trinajstić information content (AvgIpc) is 2.53. The van der Waals surface area contributed by atoms with E-state index in [1.807, 2.05) is 0 Å². The van der Waals surface area contributed by atoms with Crippen LogP contribution in [-0.2, 0) is 14.3 Å². The summed E-state index contributed by atoms with van der Waals surface area (Å²) in [4.78, 5) is 24.4. The summed E-state index contributed by atoms with van der Waals surface area (Å²) in [5, 5.41) is 0. The zero-order valence-electron chi connectivity index (χ0n) is 12.8. The SMILES string of the molecule is C=C(CN(CF)c1ccc(C(=O)OCC)cc1)C(=O)OCC. The first-order valence-corrected chi connectivity index (χ1v) is 6.96. The number of hydrogen-bond acceptors (Lipinski definition) is 5. The van der Waals surface area contributed by atoms with Crippen LogP contribution in [0.25, 0.3) is 0 Å². The van der Waals surface area contributed by atoms with E-state index < -0.39 is 18.7 Å². The molecule has 0 fully saturated rings. The third kappa shape index (κ3) is 4.87. The molecule has 6 heteroatoms. The molecule has 1 aromatic carbocycles. The molecule has 0 aliphatic heterocycles. The number of alkyl halides is 1. The molecular formula is C16H20FNO4. The van der Waals surface area contributed by atoms with Gasteiger partial charge in [-0.05, 0) is 38.1 Å². The quantitative estimate of drug-likeness (QED) is 0.420. The van der Waals surface area contributed by atoms with Gasteiger partial charge in [-0.3, -0.25) is 0 Å². The van der Waals surface area contributed by atoms with Crippen molar-refractivity contribution in [3.8, 4) is 0 Å². The van der Waals surface area contributed by atoms with Crippen LogP contribution < -0.4 is 4.90 Å². The van der Waals surface area contributed by atoms with Gasteiger partial charge >= 0.3 is 11.9 Å². The van der Waals surface area contributed by atoms with Gasteiger partial charge < -0.3 is 14.4 Å². The van der Waals surface area contributed by atoms with Crippen LogP contribution in [0.4, 0.5) is 10.1 Å². The van der Waals surface area contributed by atoms with E-state index in [0.29, 0.717) is 11.3 Å². The smallest absolute Gasteiger partial charge is 0.338 e. The van der Waals surface area contributed by atoms with Crippen LogP contribution in [0, 0.1) is 0 Å². The van der Waals surface area contributed by atoms with Crippen LogP contribution in [0.5, 0.6) is 0 Å². The van der Waals surface area contributed by atoms with Gasteiger partial charge in [0.05, 0.1) is 25.3 Å². The molecule has 0 N–H and O–H groups in total. The third-order valence-electron chi connectivity index (χ3n) is 2.83. The van der Waals surface area contributed by atoms with Crippen molar-refractivity contribution in [3.05, 3.63) is 42.0 Å². The first kappa shape index (κ1) is 17.7. The van der Waals surface area contributed by atoms with Crippen LogP contribution >= 0.6 is 0 Å². The summed E-state index contributed by atoms with van der Waals surface area (Å²) < 4.78 is 22.9. The highest BCUT2D eigenvalue weighted by Gasteiger charge is 2.14. The Hall–Kier alpha value is -2.37. The van der Waals surface area contributed by atoms with Crippen molar-refractivity contribution in [2.45, 2.75) is 13.8 Å². The van der Waals surface area contributed by atoms with Gasteiger partial charge in [0.15, 0.2) is 6.80 Å². The zero-order chi connectivity index (χ0) is 16.5. The third-order valence-corrected chi connectivity index (χ3v) is 2.83. The maximum absolute atomic E-state index is 13.2. The lowest BCUT2D eigenvalue weighted by molar-refractivity contribution is -0.138. The molecule has 22 heavy (non-hydrogen) atoms. The van der Waals surface area contributed by atoms with E-state index in [1.54, 1.807) is 38.1 Å². The molecule has 0 aliphatic rings. The summed E-state index contributed by atoms with van der Waals surface area (Å²) in [6.07, 6.45) is 0. The van der Waals surface area contributed by atoms with E-state index in [0.717, 1.165) is 0 Å². The number of carbonyl (C=O) groups is 2. The van der Waals surface area contributed by atoms with E-state index in [9.17, 15) is 14.0 Å². The van der Waals surface area contributed by atoms with E-state index in [1.165, 1.54) is 4.90 Å². The van der Waals surface area contributed by atoms with Gasteiger partial charge in [0, 0.05) is 11.3 Å². The number of rotatable bonds is 8. The summed E-state index contributed by atoms with van der Waals surface area (Å²) in [5.74, 6) is -0.985. The molecule has 1 aromatic rings. The van der Waals surface area contributed by atoms with Gasteiger partial charge in [-0.1, -0.05) is 6.58 Å². The predicted octanol–water partition coefficient (Wildman–Crippen LogP) is 2.72. The first-order chi connectivity index (χ1) is 10.5. The summed E-state index contributed by atoms with van der Waals surface area (Å²) in [5.41, 5.74) is 1.07. The fourth-order valence-electron chi connectivity index (χ4n) is 1.75. The van der Waals surface area contributed by atoms with Crippen molar-refractivity contribution in [2.75, 3.05) is 31.5 Å². The second-order valence-electron chi connectivity index (χ2n) is 4.41. The topological polar surface area (TPSA) is 55.8 Å². The number of nitrogens with zero attached hydrogens (tertiary/aromatic N) is 1. The van der Waals surface area contributed by atoms with Crippen LogP contribution in [0.15, 0.2) is 36.4 Å². The lowest BCUT2D eigenvalue weighted by Gasteiger charge is -2.21. The van der Waals surface area contributed by atoms with Crippen molar-refractivity contribution in [3.63, 3.8) is 0 Å². The maximum Gasteiger partial charge on any atom is 0.338 e. The molecule has 5 nitrogen and oxygen atoms in total. The summed E-state index contributed by atoms with van der Waals surface area (Å²) in [6.45, 7) is 6.75. The van der Waals surface area contributed by atoms with E-state index in [2.05, 4.69) is 6.58 Å². The van der Waals surface area contributed by atoms with Crippen LogP contribution in [0.2, 0.25) is 0 Å². The highest BCUT2D eigenvalue weighted by Crippen LogP contribution is 2.17. The standard InChI is InChI=1S/C16H20FNO4/c1-4-21-15(19)12(3)10-18(11-17)14-8-6-13(7-9-14)16(20)22-5-2/h6-9H,3-5,10-11H2,1-2H3. The Morgan fingerprint density at radius 2 is 1.73 bits per heavy atom. The molecule has 0 saturated carbocycles. The molecule has 0 unspecified atom stereocenters. The summed E-state index contributed by atoms with van der Waals surface area (Å²) >= 11 is 0. The summed E-state index contributed by atoms with van der Waals surface area (Å²) in [6, 6.07) is 6.26. The zero-order valence-corrected chi connectivity index (χ0v) is 12.8. The fourth-order valence-corrected chi connectivity index (χ4v) is 1.75. The van der Waals surface area contributed by atoms with E-state index in [4.69, 9.17) is 9.47 Å². The Labute approximate surface area is 129 Å². The monoisotopic (exact) mass is 309 g/mol. The van der Waals surface area contributed by atoms with Crippen LogP contribution in [0.3, 0.4) is 0 Å². The Morgan fingerprint density at radius 3 is 2.23 bits per heavy atom. The van der Waals surface area contributed by atoms with Gasteiger partial charge in [0.25, 0.3) is 0 Å². The molecule has 0 aromatic heterocycles. The van der Waals surface area contributed by atoms with Gasteiger partial charge in [-0.25, -0.2) is 14.0 Å². The lowest BCUT2D eigenvalue weighted by atomic mass is 10.2. The largest absolute Gasteiger partial charge is 0.463 e. The second-order valence-corrected chi connectivity index (χ2v) is 4.41. The average molecular weight is 309 g/mol. The van der Waals surface area contributed by atoms with Gasteiger partial charge in [0.1, 0.15) is 0 Å². The second kappa shape index (κ2) is 8.81. The minimum Gasteiger partial charge on any atom is -0.463 e. The number of esters is 2. The van der Waals surface area contributed by atoms with Crippen molar-refractivity contribution in [1.82, 2.24) is 0 Å². The van der Waals surface area contributed by atoms with Crippen LogP contribution in [-0.4, -0.2) is 38.5 Å². The minimum atomic E-state index is -0.794. The van der Waals surface area contributed by atoms with Gasteiger partial charge in [-0.2, -0.15) is 0 Å². The van der Waals surface area contributed by atoms with Crippen molar-refractivity contribution >= 4 is 17.6 Å². The molecule has 0 atom stereocenters. The molecule has 0 heterocycles. The molecule has 0 radical (unpaired) electrons. The molecule has 0 spiro atoms. The number of benzene rings is 1. The molecule has 0 bridgehead atoms. The lowest BCUT2D eigenvalue weighted by Crippen LogP contribution is -2.27. The number of hydrogen-bond donors (Lipinski definition) is 0.